The van der Waals surface area contributed by atoms with Gasteiger partial charge in [0.25, 0.3) is 5.91 Å². The molecule has 0 radical (unpaired) electrons. The summed E-state index contributed by atoms with van der Waals surface area (Å²) in [4.78, 5) is 24.1. The average Bonchev–Trinajstić information content (AvgIpc) is 3.00. The van der Waals surface area contributed by atoms with Crippen LogP contribution in [0.25, 0.3) is 0 Å². The predicted molar refractivity (Wildman–Crippen MR) is 91.3 cm³/mol. The molecule has 2 amide bonds. The van der Waals surface area contributed by atoms with Crippen LogP contribution in [-0.4, -0.2) is 35.2 Å². The van der Waals surface area contributed by atoms with Gasteiger partial charge in [-0.15, -0.1) is 0 Å². The van der Waals surface area contributed by atoms with E-state index in [1.807, 2.05) is 32.3 Å². The third-order valence-electron chi connectivity index (χ3n) is 3.63. The van der Waals surface area contributed by atoms with Crippen molar-refractivity contribution in [2.24, 2.45) is 7.05 Å². The van der Waals surface area contributed by atoms with Crippen LogP contribution < -0.4 is 16.0 Å². The standard InChI is InChI=1S/C17H23N5O2/c1-4-19-16(23)13-7-5-12(6-8-13)9-20-17(24)15(18-2)14-10-21-22(3)11-14/h5-8,10-11,15,18H,4,9H2,1-3H3,(H,19,23)(H,20,24). The van der Waals surface area contributed by atoms with Crippen molar-refractivity contribution in [3.63, 3.8) is 0 Å². The molecule has 0 saturated carbocycles. The van der Waals surface area contributed by atoms with E-state index in [0.29, 0.717) is 18.7 Å². The first-order valence-corrected chi connectivity index (χ1v) is 7.85. The van der Waals surface area contributed by atoms with Crippen LogP contribution in [0, 0.1) is 0 Å². The Labute approximate surface area is 141 Å². The summed E-state index contributed by atoms with van der Waals surface area (Å²) in [5.74, 6) is -0.224. The molecular formula is C17H23N5O2. The van der Waals surface area contributed by atoms with E-state index < -0.39 is 6.04 Å². The highest BCUT2D eigenvalue weighted by molar-refractivity contribution is 5.94. The topological polar surface area (TPSA) is 88.1 Å². The van der Waals surface area contributed by atoms with E-state index >= 15 is 0 Å². The van der Waals surface area contributed by atoms with E-state index in [9.17, 15) is 9.59 Å². The molecule has 1 heterocycles. The van der Waals surface area contributed by atoms with Gasteiger partial charge >= 0.3 is 0 Å². The second kappa shape index (κ2) is 8.26. The summed E-state index contributed by atoms with van der Waals surface area (Å²) < 4.78 is 1.66. The summed E-state index contributed by atoms with van der Waals surface area (Å²) in [6, 6.07) is 6.73. The molecule has 0 aliphatic rings. The summed E-state index contributed by atoms with van der Waals surface area (Å²) >= 11 is 0. The van der Waals surface area contributed by atoms with Crippen LogP contribution in [0.4, 0.5) is 0 Å². The Kier molecular flexibility index (Phi) is 6.08. The molecule has 2 aromatic rings. The number of hydrogen-bond acceptors (Lipinski definition) is 4. The molecule has 2 rings (SSSR count). The minimum atomic E-state index is -0.451. The van der Waals surface area contributed by atoms with Gasteiger partial charge < -0.3 is 16.0 Å². The molecule has 1 atom stereocenters. The minimum absolute atomic E-state index is 0.0973. The summed E-state index contributed by atoms with van der Waals surface area (Å²) in [6.45, 7) is 2.87. The lowest BCUT2D eigenvalue weighted by Gasteiger charge is -2.14. The van der Waals surface area contributed by atoms with Crippen molar-refractivity contribution in [3.05, 3.63) is 53.3 Å². The van der Waals surface area contributed by atoms with E-state index in [0.717, 1.165) is 11.1 Å². The van der Waals surface area contributed by atoms with E-state index in [1.165, 1.54) is 0 Å². The Morgan fingerprint density at radius 1 is 1.21 bits per heavy atom. The number of rotatable bonds is 7. The van der Waals surface area contributed by atoms with Gasteiger partial charge in [-0.05, 0) is 31.7 Å². The highest BCUT2D eigenvalue weighted by Crippen LogP contribution is 2.12. The van der Waals surface area contributed by atoms with Crippen LogP contribution >= 0.6 is 0 Å². The molecule has 1 unspecified atom stereocenters. The predicted octanol–water partition coefficient (Wildman–Crippen LogP) is 0.747. The molecule has 0 aliphatic carbocycles. The van der Waals surface area contributed by atoms with Crippen LogP contribution in [-0.2, 0) is 18.4 Å². The average molecular weight is 329 g/mol. The molecule has 0 aliphatic heterocycles. The Bertz CT molecular complexity index is 693. The number of amides is 2. The number of likely N-dealkylation sites (N-methyl/N-ethyl adjacent to an activating group) is 1. The summed E-state index contributed by atoms with van der Waals surface area (Å²) in [5, 5.41) is 12.7. The first kappa shape index (κ1) is 17.7. The summed E-state index contributed by atoms with van der Waals surface area (Å²) in [7, 11) is 3.54. The maximum atomic E-state index is 12.3. The molecule has 128 valence electrons. The molecule has 0 bridgehead atoms. The van der Waals surface area contributed by atoms with Gasteiger partial charge in [-0.1, -0.05) is 12.1 Å². The second-order valence-electron chi connectivity index (χ2n) is 5.44. The Morgan fingerprint density at radius 2 is 1.92 bits per heavy atom. The zero-order valence-electron chi connectivity index (χ0n) is 14.2. The van der Waals surface area contributed by atoms with Crippen molar-refractivity contribution in [1.29, 1.82) is 0 Å². The van der Waals surface area contributed by atoms with Crippen LogP contribution in [0.2, 0.25) is 0 Å². The summed E-state index contributed by atoms with van der Waals surface area (Å²) in [6.07, 6.45) is 3.48. The van der Waals surface area contributed by atoms with Crippen molar-refractivity contribution in [1.82, 2.24) is 25.7 Å². The van der Waals surface area contributed by atoms with Crippen molar-refractivity contribution >= 4 is 11.8 Å². The fourth-order valence-corrected chi connectivity index (χ4v) is 2.37. The van der Waals surface area contributed by atoms with E-state index in [-0.39, 0.29) is 11.8 Å². The molecule has 1 aromatic carbocycles. The molecule has 0 saturated heterocycles. The Morgan fingerprint density at radius 3 is 2.46 bits per heavy atom. The zero-order valence-corrected chi connectivity index (χ0v) is 14.2. The Hall–Kier alpha value is -2.67. The third kappa shape index (κ3) is 4.42. The number of carbonyl (C=O) groups is 2. The molecule has 7 nitrogen and oxygen atoms in total. The second-order valence-corrected chi connectivity index (χ2v) is 5.44. The Balaban J connectivity index is 1.94. The zero-order chi connectivity index (χ0) is 17.5. The smallest absolute Gasteiger partial charge is 0.251 e. The molecule has 0 fully saturated rings. The first-order valence-electron chi connectivity index (χ1n) is 7.85. The van der Waals surface area contributed by atoms with E-state index in [2.05, 4.69) is 21.0 Å². The van der Waals surface area contributed by atoms with Gasteiger partial charge in [0.2, 0.25) is 5.91 Å². The maximum Gasteiger partial charge on any atom is 0.251 e. The molecule has 1 aromatic heterocycles. The number of nitrogens with one attached hydrogen (secondary N) is 3. The van der Waals surface area contributed by atoms with Gasteiger partial charge in [0.05, 0.1) is 6.20 Å². The number of carbonyl (C=O) groups excluding carboxylic acids is 2. The maximum absolute atomic E-state index is 12.3. The van der Waals surface area contributed by atoms with Crippen molar-refractivity contribution in [2.75, 3.05) is 13.6 Å². The largest absolute Gasteiger partial charge is 0.352 e. The summed E-state index contributed by atoms with van der Waals surface area (Å²) in [5.41, 5.74) is 2.34. The van der Waals surface area contributed by atoms with Crippen LogP contribution in [0.1, 0.15) is 34.5 Å². The third-order valence-corrected chi connectivity index (χ3v) is 3.63. The quantitative estimate of drug-likeness (QED) is 0.699. The number of hydrogen-bond donors (Lipinski definition) is 3. The molecular weight excluding hydrogens is 306 g/mol. The van der Waals surface area contributed by atoms with E-state index in [1.54, 1.807) is 30.1 Å². The van der Waals surface area contributed by atoms with E-state index in [4.69, 9.17) is 0 Å². The van der Waals surface area contributed by atoms with Gasteiger partial charge in [0.15, 0.2) is 0 Å². The minimum Gasteiger partial charge on any atom is -0.352 e. The molecule has 0 spiro atoms. The van der Waals surface area contributed by atoms with Gasteiger partial charge in [-0.25, -0.2) is 0 Å². The lowest BCUT2D eigenvalue weighted by Crippen LogP contribution is -2.35. The normalized spacial score (nSPS) is 11.8. The fraction of sp³-hybridized carbons (Fsp3) is 0.353. The highest BCUT2D eigenvalue weighted by Gasteiger charge is 2.19. The number of aromatic nitrogens is 2. The first-order chi connectivity index (χ1) is 11.5. The lowest BCUT2D eigenvalue weighted by molar-refractivity contribution is -0.123. The van der Waals surface area contributed by atoms with Crippen molar-refractivity contribution < 1.29 is 9.59 Å². The highest BCUT2D eigenvalue weighted by atomic mass is 16.2. The van der Waals surface area contributed by atoms with Crippen LogP contribution in [0.15, 0.2) is 36.7 Å². The monoisotopic (exact) mass is 329 g/mol. The molecule has 24 heavy (non-hydrogen) atoms. The van der Waals surface area contributed by atoms with Crippen LogP contribution in [0.3, 0.4) is 0 Å². The van der Waals surface area contributed by atoms with Gasteiger partial charge in [-0.2, -0.15) is 5.10 Å². The van der Waals surface area contributed by atoms with Crippen molar-refractivity contribution in [2.45, 2.75) is 19.5 Å². The van der Waals surface area contributed by atoms with Gasteiger partial charge in [-0.3, -0.25) is 14.3 Å². The molecule has 7 heteroatoms. The number of benzene rings is 1. The van der Waals surface area contributed by atoms with Crippen molar-refractivity contribution in [3.8, 4) is 0 Å². The lowest BCUT2D eigenvalue weighted by atomic mass is 10.1. The number of aryl methyl sites for hydroxylation is 1. The van der Waals surface area contributed by atoms with Crippen LogP contribution in [0.5, 0.6) is 0 Å². The van der Waals surface area contributed by atoms with Gasteiger partial charge in [0, 0.05) is 37.5 Å². The van der Waals surface area contributed by atoms with Gasteiger partial charge in [0.1, 0.15) is 6.04 Å². The number of nitrogens with zero attached hydrogens (tertiary/aromatic N) is 2. The fourth-order valence-electron chi connectivity index (χ4n) is 2.37. The molecule has 3 N–H and O–H groups in total. The SMILES string of the molecule is CCNC(=O)c1ccc(CNC(=O)C(NC)c2cnn(C)c2)cc1.